The van der Waals surface area contributed by atoms with E-state index in [1.54, 1.807) is 6.20 Å². The van der Waals surface area contributed by atoms with Crippen LogP contribution < -0.4 is 14.8 Å². The van der Waals surface area contributed by atoms with E-state index in [-0.39, 0.29) is 6.04 Å². The van der Waals surface area contributed by atoms with Crippen molar-refractivity contribution < 1.29 is 19.0 Å². The molecule has 0 saturated carbocycles. The minimum absolute atomic E-state index is 0.185. The van der Waals surface area contributed by atoms with Gasteiger partial charge in [-0.1, -0.05) is 5.92 Å². The van der Waals surface area contributed by atoms with Crippen LogP contribution in [0, 0.1) is 11.8 Å². The Balaban J connectivity index is 1.83. The Morgan fingerprint density at radius 3 is 2.34 bits per heavy atom. The molecule has 0 aliphatic rings. The van der Waals surface area contributed by atoms with Crippen molar-refractivity contribution in [2.75, 3.05) is 13.2 Å². The van der Waals surface area contributed by atoms with Crippen molar-refractivity contribution in [3.05, 3.63) is 53.9 Å². The van der Waals surface area contributed by atoms with E-state index in [1.165, 1.54) is 0 Å². The van der Waals surface area contributed by atoms with Crippen molar-refractivity contribution in [1.29, 1.82) is 0 Å². The Kier molecular flexibility index (Phi) is 7.90. The van der Waals surface area contributed by atoms with Gasteiger partial charge in [0.1, 0.15) is 29.4 Å². The Hall–Kier alpha value is -3.20. The number of carbonyl (C=O) groups is 1. The van der Waals surface area contributed by atoms with Gasteiger partial charge in [-0.2, -0.15) is 0 Å². The first-order chi connectivity index (χ1) is 13.7. The zero-order valence-electron chi connectivity index (χ0n) is 17.6. The summed E-state index contributed by atoms with van der Waals surface area (Å²) in [6.45, 7) is 10.2. The lowest BCUT2D eigenvalue weighted by molar-refractivity contribution is 0.0494. The van der Waals surface area contributed by atoms with E-state index in [1.807, 2.05) is 71.0 Å². The van der Waals surface area contributed by atoms with Crippen molar-refractivity contribution in [2.45, 2.75) is 46.3 Å². The zero-order valence-corrected chi connectivity index (χ0v) is 17.6. The van der Waals surface area contributed by atoms with Gasteiger partial charge in [0.2, 0.25) is 0 Å². The SMILES string of the molecule is CCOc1ccc(C#Cc2ccc(OC[C@H](C)NC(=O)OC(C)(C)C)cc2)nc1. The quantitative estimate of drug-likeness (QED) is 0.742. The second-order valence-corrected chi connectivity index (χ2v) is 7.44. The van der Waals surface area contributed by atoms with Gasteiger partial charge < -0.3 is 19.5 Å². The Bertz CT molecular complexity index is 844. The minimum atomic E-state index is -0.525. The molecule has 0 radical (unpaired) electrons. The molecule has 6 heteroatoms. The fourth-order valence-electron chi connectivity index (χ4n) is 2.25. The molecule has 0 bridgehead atoms. The van der Waals surface area contributed by atoms with Crippen LogP contribution in [0.1, 0.15) is 45.9 Å². The molecular weight excluding hydrogens is 368 g/mol. The van der Waals surface area contributed by atoms with Crippen LogP contribution in [-0.4, -0.2) is 35.9 Å². The molecule has 2 aromatic rings. The van der Waals surface area contributed by atoms with Gasteiger partial charge in [0.15, 0.2) is 0 Å². The molecule has 0 fully saturated rings. The monoisotopic (exact) mass is 396 g/mol. The third-order valence-electron chi connectivity index (χ3n) is 3.50. The smallest absolute Gasteiger partial charge is 0.407 e. The molecule has 0 aliphatic carbocycles. The molecule has 1 aromatic carbocycles. The first-order valence-electron chi connectivity index (χ1n) is 9.58. The number of aromatic nitrogens is 1. The molecule has 2 rings (SSSR count). The van der Waals surface area contributed by atoms with Crippen molar-refractivity contribution in [2.24, 2.45) is 0 Å². The molecule has 1 N–H and O–H groups in total. The summed E-state index contributed by atoms with van der Waals surface area (Å²) in [5.41, 5.74) is 1.01. The van der Waals surface area contributed by atoms with E-state index in [2.05, 4.69) is 22.1 Å². The van der Waals surface area contributed by atoms with Crippen molar-refractivity contribution in [3.8, 4) is 23.3 Å². The average Bonchev–Trinajstić information content (AvgIpc) is 2.65. The Morgan fingerprint density at radius 2 is 1.76 bits per heavy atom. The summed E-state index contributed by atoms with van der Waals surface area (Å²) in [5, 5.41) is 2.74. The van der Waals surface area contributed by atoms with E-state index >= 15 is 0 Å². The standard InChI is InChI=1S/C23H28N2O4/c1-6-27-21-14-11-19(24-15-21)10-7-18-8-12-20(13-9-18)28-16-17(2)25-22(26)29-23(3,4)5/h8-9,11-15,17H,6,16H2,1-5H3,(H,25,26)/t17-/m0/s1. The van der Waals surface area contributed by atoms with Gasteiger partial charge in [-0.25, -0.2) is 9.78 Å². The molecule has 1 heterocycles. The highest BCUT2D eigenvalue weighted by Gasteiger charge is 2.17. The lowest BCUT2D eigenvalue weighted by atomic mass is 10.2. The molecule has 0 unspecified atom stereocenters. The van der Waals surface area contributed by atoms with E-state index < -0.39 is 11.7 Å². The molecule has 1 amide bonds. The van der Waals surface area contributed by atoms with E-state index in [9.17, 15) is 4.79 Å². The molecule has 1 aromatic heterocycles. The number of nitrogens with one attached hydrogen (secondary N) is 1. The van der Waals surface area contributed by atoms with Crippen LogP contribution in [0.25, 0.3) is 0 Å². The number of carbonyl (C=O) groups excluding carboxylic acids is 1. The molecule has 0 spiro atoms. The second kappa shape index (κ2) is 10.4. The van der Waals surface area contributed by atoms with E-state index in [0.717, 1.165) is 11.3 Å². The molecule has 0 aliphatic heterocycles. The van der Waals surface area contributed by atoms with Gasteiger partial charge in [-0.3, -0.25) is 0 Å². The van der Waals surface area contributed by atoms with Crippen LogP contribution in [0.2, 0.25) is 0 Å². The van der Waals surface area contributed by atoms with Crippen molar-refractivity contribution in [3.63, 3.8) is 0 Å². The number of nitrogens with zero attached hydrogens (tertiary/aromatic N) is 1. The summed E-state index contributed by atoms with van der Waals surface area (Å²) in [6, 6.07) is 10.9. The molecule has 0 saturated heterocycles. The van der Waals surface area contributed by atoms with Crippen molar-refractivity contribution >= 4 is 6.09 Å². The number of rotatable bonds is 6. The maximum absolute atomic E-state index is 11.7. The summed E-state index contributed by atoms with van der Waals surface area (Å²) >= 11 is 0. The van der Waals surface area contributed by atoms with E-state index in [0.29, 0.717) is 24.7 Å². The molecule has 6 nitrogen and oxygen atoms in total. The van der Waals surface area contributed by atoms with Crippen molar-refractivity contribution in [1.82, 2.24) is 10.3 Å². The van der Waals surface area contributed by atoms with Gasteiger partial charge in [-0.05, 0) is 76.9 Å². The predicted molar refractivity (Wildman–Crippen MR) is 112 cm³/mol. The first-order valence-corrected chi connectivity index (χ1v) is 9.58. The predicted octanol–water partition coefficient (Wildman–Crippen LogP) is 4.17. The summed E-state index contributed by atoms with van der Waals surface area (Å²) < 4.78 is 16.3. The minimum Gasteiger partial charge on any atom is -0.492 e. The number of hydrogen-bond acceptors (Lipinski definition) is 5. The number of hydrogen-bond donors (Lipinski definition) is 1. The zero-order chi connectivity index (χ0) is 21.3. The molecule has 154 valence electrons. The summed E-state index contributed by atoms with van der Waals surface area (Å²) in [7, 11) is 0. The Labute approximate surface area is 172 Å². The van der Waals surface area contributed by atoms with Gasteiger partial charge >= 0.3 is 6.09 Å². The highest BCUT2D eigenvalue weighted by atomic mass is 16.6. The summed E-state index contributed by atoms with van der Waals surface area (Å²) in [4.78, 5) is 16.0. The van der Waals surface area contributed by atoms with Crippen LogP contribution >= 0.6 is 0 Å². The lowest BCUT2D eigenvalue weighted by Gasteiger charge is -2.22. The first kappa shape index (κ1) is 22.1. The van der Waals surface area contributed by atoms with Crippen LogP contribution in [0.15, 0.2) is 42.6 Å². The number of ether oxygens (including phenoxy) is 3. The van der Waals surface area contributed by atoms with Crippen LogP contribution in [0.5, 0.6) is 11.5 Å². The highest BCUT2D eigenvalue weighted by molar-refractivity contribution is 5.68. The number of amides is 1. The molecule has 1 atom stereocenters. The number of alkyl carbamates (subject to hydrolysis) is 1. The lowest BCUT2D eigenvalue weighted by Crippen LogP contribution is -2.40. The van der Waals surface area contributed by atoms with Gasteiger partial charge in [0.05, 0.1) is 18.8 Å². The fourth-order valence-corrected chi connectivity index (χ4v) is 2.25. The van der Waals surface area contributed by atoms with Gasteiger partial charge in [0, 0.05) is 5.56 Å². The van der Waals surface area contributed by atoms with Crippen LogP contribution in [0.3, 0.4) is 0 Å². The van der Waals surface area contributed by atoms with Crippen LogP contribution in [0.4, 0.5) is 4.79 Å². The van der Waals surface area contributed by atoms with E-state index in [4.69, 9.17) is 14.2 Å². The average molecular weight is 396 g/mol. The topological polar surface area (TPSA) is 69.7 Å². The highest BCUT2D eigenvalue weighted by Crippen LogP contribution is 2.13. The third kappa shape index (κ3) is 8.56. The number of benzene rings is 1. The van der Waals surface area contributed by atoms with Crippen LogP contribution in [-0.2, 0) is 4.74 Å². The fraction of sp³-hybridized carbons (Fsp3) is 0.391. The Morgan fingerprint density at radius 1 is 1.07 bits per heavy atom. The normalized spacial score (nSPS) is 11.6. The van der Waals surface area contributed by atoms with Gasteiger partial charge in [0.25, 0.3) is 0 Å². The second-order valence-electron chi connectivity index (χ2n) is 7.44. The third-order valence-corrected chi connectivity index (χ3v) is 3.50. The molecule has 29 heavy (non-hydrogen) atoms. The number of pyridine rings is 1. The summed E-state index contributed by atoms with van der Waals surface area (Å²) in [5.74, 6) is 7.52. The largest absolute Gasteiger partial charge is 0.492 e. The summed E-state index contributed by atoms with van der Waals surface area (Å²) in [6.07, 6.45) is 1.21. The maximum atomic E-state index is 11.7. The maximum Gasteiger partial charge on any atom is 0.407 e. The molecular formula is C23H28N2O4. The van der Waals surface area contributed by atoms with Gasteiger partial charge in [-0.15, -0.1) is 0 Å².